The Morgan fingerprint density at radius 1 is 1.25 bits per heavy atom. The lowest BCUT2D eigenvalue weighted by atomic mass is 10.2. The summed E-state index contributed by atoms with van der Waals surface area (Å²) in [4.78, 5) is 0.847. The van der Waals surface area contributed by atoms with Gasteiger partial charge in [-0.3, -0.25) is 0 Å². The molecule has 0 bridgehead atoms. The minimum atomic E-state index is -3.47. The van der Waals surface area contributed by atoms with Gasteiger partial charge in [0.15, 0.2) is 0 Å². The van der Waals surface area contributed by atoms with E-state index in [1.54, 1.807) is 19.2 Å². The average molecular weight is 395 g/mol. The predicted molar refractivity (Wildman–Crippen MR) is 86.7 cm³/mol. The number of nitrogens with zero attached hydrogens (tertiary/aromatic N) is 1. The van der Waals surface area contributed by atoms with Crippen LogP contribution in [-0.2, 0) is 22.4 Å². The van der Waals surface area contributed by atoms with Gasteiger partial charge in [-0.1, -0.05) is 34.1 Å². The van der Waals surface area contributed by atoms with Crippen molar-refractivity contribution in [3.05, 3.63) is 51.3 Å². The van der Waals surface area contributed by atoms with Gasteiger partial charge in [0.05, 0.1) is 5.88 Å². The molecule has 0 spiro atoms. The van der Waals surface area contributed by atoms with Crippen molar-refractivity contribution in [1.82, 2.24) is 4.31 Å². The van der Waals surface area contributed by atoms with Crippen LogP contribution in [0.4, 0.5) is 0 Å². The number of hydrogen-bond acceptors (Lipinski definition) is 3. The van der Waals surface area contributed by atoms with E-state index in [-0.39, 0.29) is 0 Å². The summed E-state index contributed by atoms with van der Waals surface area (Å²) in [7, 11) is -1.89. The van der Waals surface area contributed by atoms with Gasteiger partial charge >= 0.3 is 0 Å². The summed E-state index contributed by atoms with van der Waals surface area (Å²) in [6.07, 6.45) is 0. The fourth-order valence-corrected chi connectivity index (χ4v) is 4.90. The van der Waals surface area contributed by atoms with Crippen molar-refractivity contribution in [3.8, 4) is 0 Å². The highest BCUT2D eigenvalue weighted by atomic mass is 79.9. The number of halogens is 2. The van der Waals surface area contributed by atoms with E-state index in [1.165, 1.54) is 15.6 Å². The van der Waals surface area contributed by atoms with Crippen LogP contribution in [0.2, 0.25) is 0 Å². The van der Waals surface area contributed by atoms with Crippen LogP contribution in [0.5, 0.6) is 0 Å². The van der Waals surface area contributed by atoms with E-state index in [4.69, 9.17) is 11.6 Å². The van der Waals surface area contributed by atoms with Crippen LogP contribution < -0.4 is 0 Å². The van der Waals surface area contributed by atoms with E-state index in [0.29, 0.717) is 16.6 Å². The third-order valence-electron chi connectivity index (χ3n) is 2.78. The van der Waals surface area contributed by atoms with Crippen LogP contribution in [-0.4, -0.2) is 19.8 Å². The monoisotopic (exact) mass is 393 g/mol. The molecule has 1 aromatic heterocycles. The van der Waals surface area contributed by atoms with Gasteiger partial charge in [-0.05, 0) is 23.8 Å². The molecule has 108 valence electrons. The summed E-state index contributed by atoms with van der Waals surface area (Å²) in [5, 5.41) is 0. The molecule has 0 aliphatic carbocycles. The highest BCUT2D eigenvalue weighted by Crippen LogP contribution is 2.27. The van der Waals surface area contributed by atoms with E-state index >= 15 is 0 Å². The van der Waals surface area contributed by atoms with Gasteiger partial charge in [-0.25, -0.2) is 8.42 Å². The molecular formula is C13H13BrClNO2S2. The zero-order valence-electron chi connectivity index (χ0n) is 10.7. The van der Waals surface area contributed by atoms with Crippen LogP contribution in [0.15, 0.2) is 45.1 Å². The Bertz CT molecular complexity index is 700. The van der Waals surface area contributed by atoms with Gasteiger partial charge in [0.2, 0.25) is 0 Å². The average Bonchev–Trinajstić information content (AvgIpc) is 2.90. The third kappa shape index (κ3) is 3.43. The van der Waals surface area contributed by atoms with Gasteiger partial charge in [-0.2, -0.15) is 4.31 Å². The lowest BCUT2D eigenvalue weighted by Gasteiger charge is -2.16. The number of rotatable bonds is 5. The molecule has 0 radical (unpaired) electrons. The van der Waals surface area contributed by atoms with E-state index < -0.39 is 10.0 Å². The summed E-state index contributed by atoms with van der Waals surface area (Å²) in [6.45, 7) is 0.317. The largest absolute Gasteiger partial charge is 0.252 e. The molecule has 0 aliphatic rings. The zero-order valence-corrected chi connectivity index (χ0v) is 14.7. The molecule has 0 saturated carbocycles. The van der Waals surface area contributed by atoms with E-state index in [0.717, 1.165) is 14.9 Å². The number of thiophene rings is 1. The van der Waals surface area contributed by atoms with Crippen molar-refractivity contribution in [3.63, 3.8) is 0 Å². The maximum absolute atomic E-state index is 12.5. The van der Waals surface area contributed by atoms with Crippen LogP contribution in [0.3, 0.4) is 0 Å². The molecule has 2 rings (SSSR count). The molecule has 0 amide bonds. The number of hydrogen-bond donors (Lipinski definition) is 0. The Morgan fingerprint density at radius 2 is 1.95 bits per heavy atom. The number of alkyl halides is 1. The molecule has 0 N–H and O–H groups in total. The number of sulfonamides is 1. The Balaban J connectivity index is 2.23. The second-order valence-corrected chi connectivity index (χ2v) is 8.77. The minimum absolute atomic E-state index is 0.317. The van der Waals surface area contributed by atoms with Gasteiger partial charge in [0.25, 0.3) is 10.0 Å². The zero-order chi connectivity index (χ0) is 14.8. The van der Waals surface area contributed by atoms with Crippen molar-refractivity contribution < 1.29 is 8.42 Å². The fraction of sp³-hybridized carbons (Fsp3) is 0.231. The third-order valence-corrected chi connectivity index (χ3v) is 7.36. The molecule has 0 saturated heterocycles. The van der Waals surface area contributed by atoms with Crippen molar-refractivity contribution in [1.29, 1.82) is 0 Å². The molecule has 3 nitrogen and oxygen atoms in total. The maximum Gasteiger partial charge on any atom is 0.252 e. The summed E-state index contributed by atoms with van der Waals surface area (Å²) < 4.78 is 27.5. The number of benzene rings is 1. The Hall–Kier alpha value is -0.400. The van der Waals surface area contributed by atoms with Crippen molar-refractivity contribution >= 4 is 48.9 Å². The topological polar surface area (TPSA) is 37.4 Å². The molecular weight excluding hydrogens is 382 g/mol. The van der Waals surface area contributed by atoms with Crippen molar-refractivity contribution in [2.45, 2.75) is 16.6 Å². The standard InChI is InChI=1S/C13H13BrClNO2S2/c1-16(9-10-4-2-3-5-12(10)14)20(17,18)13-7-6-11(8-15)19-13/h2-7H,8-9H2,1H3. The summed E-state index contributed by atoms with van der Waals surface area (Å²) >= 11 is 10.4. The van der Waals surface area contributed by atoms with Crippen molar-refractivity contribution in [2.24, 2.45) is 0 Å². The van der Waals surface area contributed by atoms with E-state index in [1.807, 2.05) is 24.3 Å². The molecule has 1 heterocycles. The molecule has 2 aromatic rings. The van der Waals surface area contributed by atoms with E-state index in [9.17, 15) is 8.42 Å². The predicted octanol–water partition coefficient (Wildman–Crippen LogP) is 4.07. The Kier molecular flexibility index (Phi) is 5.25. The maximum atomic E-state index is 12.5. The smallest absolute Gasteiger partial charge is 0.206 e. The molecule has 0 fully saturated rings. The van der Waals surface area contributed by atoms with Gasteiger partial charge in [0, 0.05) is 22.9 Å². The second-order valence-electron chi connectivity index (χ2n) is 4.21. The fourth-order valence-electron chi connectivity index (χ4n) is 1.67. The van der Waals surface area contributed by atoms with Crippen LogP contribution in [0.25, 0.3) is 0 Å². The second kappa shape index (κ2) is 6.58. The van der Waals surface area contributed by atoms with Gasteiger partial charge in [-0.15, -0.1) is 22.9 Å². The van der Waals surface area contributed by atoms with Crippen LogP contribution in [0.1, 0.15) is 10.4 Å². The quantitative estimate of drug-likeness (QED) is 0.717. The molecule has 20 heavy (non-hydrogen) atoms. The summed E-state index contributed by atoms with van der Waals surface area (Å²) in [5.41, 5.74) is 0.924. The van der Waals surface area contributed by atoms with Gasteiger partial charge < -0.3 is 0 Å². The molecule has 0 unspecified atom stereocenters. The Morgan fingerprint density at radius 3 is 2.55 bits per heavy atom. The van der Waals surface area contributed by atoms with Crippen LogP contribution >= 0.6 is 38.9 Å². The Labute approximate surface area is 136 Å². The minimum Gasteiger partial charge on any atom is -0.206 e. The molecule has 1 aromatic carbocycles. The lowest BCUT2D eigenvalue weighted by Crippen LogP contribution is -2.25. The summed E-state index contributed by atoms with van der Waals surface area (Å²) in [6, 6.07) is 10.9. The molecule has 0 aliphatic heterocycles. The normalized spacial score (nSPS) is 12.0. The van der Waals surface area contributed by atoms with E-state index in [2.05, 4.69) is 15.9 Å². The molecule has 7 heteroatoms. The first-order valence-electron chi connectivity index (χ1n) is 5.79. The first kappa shape index (κ1) is 16.0. The van der Waals surface area contributed by atoms with Crippen LogP contribution in [0, 0.1) is 0 Å². The highest BCUT2D eigenvalue weighted by molar-refractivity contribution is 9.10. The molecule has 0 atom stereocenters. The van der Waals surface area contributed by atoms with Crippen molar-refractivity contribution in [2.75, 3.05) is 7.05 Å². The first-order chi connectivity index (χ1) is 9.45. The lowest BCUT2D eigenvalue weighted by molar-refractivity contribution is 0.468. The first-order valence-corrected chi connectivity index (χ1v) is 9.38. The highest BCUT2D eigenvalue weighted by Gasteiger charge is 2.23. The summed E-state index contributed by atoms with van der Waals surface area (Å²) in [5.74, 6) is 0.328. The van der Waals surface area contributed by atoms with Gasteiger partial charge in [0.1, 0.15) is 4.21 Å². The SMILES string of the molecule is CN(Cc1ccccc1Br)S(=O)(=O)c1ccc(CCl)s1.